The van der Waals surface area contributed by atoms with E-state index in [9.17, 15) is 9.59 Å². The van der Waals surface area contributed by atoms with Gasteiger partial charge in [-0.2, -0.15) is 0 Å². The van der Waals surface area contributed by atoms with Crippen molar-refractivity contribution < 1.29 is 19.2 Å². The second kappa shape index (κ2) is 5.97. The van der Waals surface area contributed by atoms with Gasteiger partial charge in [0.2, 0.25) is 5.91 Å². The monoisotopic (exact) mass is 308 g/mol. The molecular formula is C14H13ClN2O4. The summed E-state index contributed by atoms with van der Waals surface area (Å²) in [6, 6.07) is 4.11. The number of carboxylic acid groups (broad SMARTS) is 1. The van der Waals surface area contributed by atoms with Gasteiger partial charge in [-0.15, -0.1) is 0 Å². The Morgan fingerprint density at radius 3 is 2.67 bits per heavy atom. The number of halogens is 1. The number of rotatable bonds is 4. The number of anilines is 1. The second-order valence-corrected chi connectivity index (χ2v) is 4.93. The molecule has 0 aliphatic heterocycles. The Morgan fingerprint density at radius 2 is 2.10 bits per heavy atom. The van der Waals surface area contributed by atoms with Crippen molar-refractivity contribution in [3.63, 3.8) is 0 Å². The van der Waals surface area contributed by atoms with Crippen molar-refractivity contribution >= 4 is 29.2 Å². The highest BCUT2D eigenvalue weighted by Crippen LogP contribution is 2.23. The lowest BCUT2D eigenvalue weighted by Gasteiger charge is -2.08. The summed E-state index contributed by atoms with van der Waals surface area (Å²) >= 11 is 5.95. The fraction of sp³-hybridized carbons (Fsp3) is 0.214. The highest BCUT2D eigenvalue weighted by atomic mass is 35.5. The first-order valence-electron chi connectivity index (χ1n) is 6.13. The summed E-state index contributed by atoms with van der Waals surface area (Å²) in [5, 5.41) is 15.6. The molecule has 1 aromatic carbocycles. The van der Waals surface area contributed by atoms with Crippen LogP contribution in [0.2, 0.25) is 5.02 Å². The first kappa shape index (κ1) is 15.1. The van der Waals surface area contributed by atoms with Crippen molar-refractivity contribution in [1.29, 1.82) is 0 Å². The zero-order valence-corrected chi connectivity index (χ0v) is 12.2. The predicted octanol–water partition coefficient (Wildman–Crippen LogP) is 2.82. The Kier molecular flexibility index (Phi) is 4.28. The van der Waals surface area contributed by atoms with E-state index in [1.807, 2.05) is 0 Å². The summed E-state index contributed by atoms with van der Waals surface area (Å²) in [6.45, 7) is 3.47. The van der Waals surface area contributed by atoms with Crippen LogP contribution < -0.4 is 5.32 Å². The normalized spacial score (nSPS) is 10.4. The Bertz CT molecular complexity index is 689. The van der Waals surface area contributed by atoms with Gasteiger partial charge in [-0.3, -0.25) is 4.79 Å². The number of hydrogen-bond donors (Lipinski definition) is 2. The largest absolute Gasteiger partial charge is 0.478 e. The van der Waals surface area contributed by atoms with Crippen LogP contribution in [0.3, 0.4) is 0 Å². The third-order valence-electron chi connectivity index (χ3n) is 3.01. The summed E-state index contributed by atoms with van der Waals surface area (Å²) in [7, 11) is 0. The van der Waals surface area contributed by atoms with Crippen molar-refractivity contribution in [3.05, 3.63) is 45.8 Å². The average molecular weight is 309 g/mol. The molecule has 0 unspecified atom stereocenters. The standard InChI is InChI=1S/C14H13ClN2O4/c1-7-10(8(2)21-17-7)6-13(18)16-12-5-9(14(19)20)3-4-11(12)15/h3-5H,6H2,1-2H3,(H,16,18)(H,19,20). The van der Waals surface area contributed by atoms with Gasteiger partial charge in [0.25, 0.3) is 0 Å². The number of aromatic nitrogens is 1. The van der Waals surface area contributed by atoms with Crippen molar-refractivity contribution in [2.45, 2.75) is 20.3 Å². The van der Waals surface area contributed by atoms with Crippen LogP contribution in [0.4, 0.5) is 5.69 Å². The number of hydrogen-bond acceptors (Lipinski definition) is 4. The number of carbonyl (C=O) groups is 2. The molecule has 2 aromatic rings. The van der Waals surface area contributed by atoms with E-state index < -0.39 is 5.97 Å². The van der Waals surface area contributed by atoms with Crippen LogP contribution in [0.25, 0.3) is 0 Å². The molecule has 110 valence electrons. The van der Waals surface area contributed by atoms with E-state index in [2.05, 4.69) is 10.5 Å². The Hall–Kier alpha value is -2.34. The molecule has 0 saturated carbocycles. The highest BCUT2D eigenvalue weighted by Gasteiger charge is 2.15. The lowest BCUT2D eigenvalue weighted by atomic mass is 10.1. The predicted molar refractivity (Wildman–Crippen MR) is 76.7 cm³/mol. The zero-order valence-electron chi connectivity index (χ0n) is 11.4. The number of aromatic carboxylic acids is 1. The smallest absolute Gasteiger partial charge is 0.335 e. The number of nitrogens with one attached hydrogen (secondary N) is 1. The van der Waals surface area contributed by atoms with Gasteiger partial charge in [-0.1, -0.05) is 16.8 Å². The molecule has 2 N–H and O–H groups in total. The molecule has 1 heterocycles. The van der Waals surface area contributed by atoms with Crippen LogP contribution in [0.5, 0.6) is 0 Å². The first-order chi connectivity index (χ1) is 9.88. The number of aryl methyl sites for hydroxylation is 2. The molecule has 0 saturated heterocycles. The summed E-state index contributed by atoms with van der Waals surface area (Å²) in [5.41, 5.74) is 1.66. The molecule has 1 aromatic heterocycles. The molecule has 2 rings (SSSR count). The van der Waals surface area contributed by atoms with Gasteiger partial charge in [0.1, 0.15) is 5.76 Å². The van der Waals surface area contributed by atoms with Crippen LogP contribution in [-0.4, -0.2) is 22.1 Å². The van der Waals surface area contributed by atoms with Gasteiger partial charge in [0.05, 0.1) is 28.4 Å². The minimum Gasteiger partial charge on any atom is -0.478 e. The van der Waals surface area contributed by atoms with Crippen LogP contribution >= 0.6 is 11.6 Å². The van der Waals surface area contributed by atoms with E-state index in [1.165, 1.54) is 18.2 Å². The minimum atomic E-state index is -1.09. The van der Waals surface area contributed by atoms with E-state index in [0.717, 1.165) is 0 Å². The number of carboxylic acids is 1. The maximum absolute atomic E-state index is 12.0. The lowest BCUT2D eigenvalue weighted by Crippen LogP contribution is -2.16. The summed E-state index contributed by atoms with van der Waals surface area (Å²) in [5.74, 6) is -0.838. The van der Waals surface area contributed by atoms with Gasteiger partial charge in [-0.25, -0.2) is 4.79 Å². The average Bonchev–Trinajstić information content (AvgIpc) is 2.73. The molecule has 7 heteroatoms. The maximum atomic E-state index is 12.0. The number of amides is 1. The maximum Gasteiger partial charge on any atom is 0.335 e. The van der Waals surface area contributed by atoms with Gasteiger partial charge in [-0.05, 0) is 32.0 Å². The summed E-state index contributed by atoms with van der Waals surface area (Å²) in [4.78, 5) is 23.0. The second-order valence-electron chi connectivity index (χ2n) is 4.53. The minimum absolute atomic E-state index is 0.0482. The van der Waals surface area contributed by atoms with Gasteiger partial charge in [0, 0.05) is 5.56 Å². The molecule has 0 aliphatic rings. The Morgan fingerprint density at radius 1 is 1.38 bits per heavy atom. The fourth-order valence-corrected chi connectivity index (χ4v) is 2.03. The Balaban J connectivity index is 2.16. The number of benzene rings is 1. The number of carbonyl (C=O) groups excluding carboxylic acids is 1. The van der Waals surface area contributed by atoms with Crippen molar-refractivity contribution in [2.24, 2.45) is 0 Å². The molecule has 0 fully saturated rings. The van der Waals surface area contributed by atoms with E-state index in [1.54, 1.807) is 13.8 Å². The molecule has 0 bridgehead atoms. The van der Waals surface area contributed by atoms with E-state index in [-0.39, 0.29) is 28.6 Å². The molecular weight excluding hydrogens is 296 g/mol. The Labute approximate surface area is 125 Å². The van der Waals surface area contributed by atoms with E-state index >= 15 is 0 Å². The SMILES string of the molecule is Cc1noc(C)c1CC(=O)Nc1cc(C(=O)O)ccc1Cl. The number of nitrogens with zero attached hydrogens (tertiary/aromatic N) is 1. The molecule has 0 atom stereocenters. The summed E-state index contributed by atoms with van der Waals surface area (Å²) in [6.07, 6.45) is 0.0782. The zero-order chi connectivity index (χ0) is 15.6. The van der Waals surface area contributed by atoms with E-state index in [0.29, 0.717) is 17.0 Å². The third kappa shape index (κ3) is 3.41. The third-order valence-corrected chi connectivity index (χ3v) is 3.34. The summed E-state index contributed by atoms with van der Waals surface area (Å²) < 4.78 is 4.99. The van der Waals surface area contributed by atoms with Crippen molar-refractivity contribution in [1.82, 2.24) is 5.16 Å². The van der Waals surface area contributed by atoms with E-state index in [4.69, 9.17) is 21.2 Å². The fourth-order valence-electron chi connectivity index (χ4n) is 1.86. The topological polar surface area (TPSA) is 92.4 Å². The lowest BCUT2D eigenvalue weighted by molar-refractivity contribution is -0.115. The van der Waals surface area contributed by atoms with Crippen LogP contribution in [-0.2, 0) is 11.2 Å². The first-order valence-corrected chi connectivity index (χ1v) is 6.50. The molecule has 21 heavy (non-hydrogen) atoms. The van der Waals surface area contributed by atoms with Crippen LogP contribution in [0, 0.1) is 13.8 Å². The van der Waals surface area contributed by atoms with Gasteiger partial charge < -0.3 is 14.9 Å². The molecule has 0 spiro atoms. The molecule has 6 nitrogen and oxygen atoms in total. The quantitative estimate of drug-likeness (QED) is 0.906. The van der Waals surface area contributed by atoms with Gasteiger partial charge in [0.15, 0.2) is 0 Å². The molecule has 0 radical (unpaired) electrons. The molecule has 0 aliphatic carbocycles. The molecule has 1 amide bonds. The van der Waals surface area contributed by atoms with Crippen LogP contribution in [0.1, 0.15) is 27.4 Å². The van der Waals surface area contributed by atoms with Crippen molar-refractivity contribution in [3.8, 4) is 0 Å². The van der Waals surface area contributed by atoms with Crippen LogP contribution in [0.15, 0.2) is 22.7 Å². The highest BCUT2D eigenvalue weighted by molar-refractivity contribution is 6.33. The van der Waals surface area contributed by atoms with Crippen molar-refractivity contribution in [2.75, 3.05) is 5.32 Å². The van der Waals surface area contributed by atoms with Gasteiger partial charge >= 0.3 is 5.97 Å².